The number of hydrogen-bond donors (Lipinski definition) is 1. The van der Waals surface area contributed by atoms with Gasteiger partial charge in [0.15, 0.2) is 0 Å². The second-order valence-corrected chi connectivity index (χ2v) is 6.78. The third kappa shape index (κ3) is 2.11. The van der Waals surface area contributed by atoms with Crippen LogP contribution in [0.2, 0.25) is 0 Å². The molecule has 0 fully saturated rings. The molecule has 94 valence electrons. The van der Waals surface area contributed by atoms with Crippen LogP contribution in [0.3, 0.4) is 0 Å². The number of nitrogens with one attached hydrogen (secondary N) is 1. The van der Waals surface area contributed by atoms with Gasteiger partial charge < -0.3 is 5.32 Å². The standard InChI is InChI=1S/C14H23N3/c1-13(2,3)10-9-11-15-7-8-16-17(11)12(10)14(4,5)6/h8-9,15H,7H2,1-6H3. The van der Waals surface area contributed by atoms with Crippen molar-refractivity contribution >= 4 is 12.0 Å². The van der Waals surface area contributed by atoms with E-state index in [2.05, 4.69) is 62.7 Å². The van der Waals surface area contributed by atoms with Gasteiger partial charge in [-0.15, -0.1) is 0 Å². The van der Waals surface area contributed by atoms with Gasteiger partial charge in [0.1, 0.15) is 5.82 Å². The molecular formula is C14H23N3. The smallest absolute Gasteiger partial charge is 0.128 e. The Hall–Kier alpha value is -1.25. The number of aromatic nitrogens is 1. The number of nitrogens with zero attached hydrogens (tertiary/aromatic N) is 2. The highest BCUT2D eigenvalue weighted by atomic mass is 15.4. The first-order valence-electron chi connectivity index (χ1n) is 6.24. The predicted molar refractivity (Wildman–Crippen MR) is 74.2 cm³/mol. The zero-order valence-corrected chi connectivity index (χ0v) is 11.8. The van der Waals surface area contributed by atoms with Crippen molar-refractivity contribution in [2.24, 2.45) is 5.10 Å². The highest BCUT2D eigenvalue weighted by Crippen LogP contribution is 2.38. The van der Waals surface area contributed by atoms with Gasteiger partial charge in [-0.05, 0) is 17.0 Å². The van der Waals surface area contributed by atoms with E-state index in [1.54, 1.807) is 0 Å². The van der Waals surface area contributed by atoms with Crippen molar-refractivity contribution in [3.63, 3.8) is 0 Å². The molecule has 0 aromatic carbocycles. The molecule has 1 aromatic heterocycles. The maximum atomic E-state index is 4.52. The van der Waals surface area contributed by atoms with E-state index in [1.807, 2.05) is 6.21 Å². The fourth-order valence-electron chi connectivity index (χ4n) is 2.31. The van der Waals surface area contributed by atoms with Gasteiger partial charge in [0.25, 0.3) is 0 Å². The molecule has 2 rings (SSSR count). The van der Waals surface area contributed by atoms with E-state index in [9.17, 15) is 0 Å². The molecule has 0 amide bonds. The van der Waals surface area contributed by atoms with E-state index in [1.165, 1.54) is 11.3 Å². The Bertz CT molecular complexity index is 453. The maximum absolute atomic E-state index is 4.52. The van der Waals surface area contributed by atoms with Gasteiger partial charge in [0.2, 0.25) is 0 Å². The van der Waals surface area contributed by atoms with Crippen LogP contribution in [0, 0.1) is 0 Å². The lowest BCUT2D eigenvalue weighted by Gasteiger charge is -2.28. The van der Waals surface area contributed by atoms with Crippen LogP contribution in [-0.4, -0.2) is 17.4 Å². The normalized spacial score (nSPS) is 15.6. The SMILES string of the molecule is CC(C)(C)c1cc2n(c1C(C)(C)C)N=CCN2. The van der Waals surface area contributed by atoms with Crippen molar-refractivity contribution < 1.29 is 0 Å². The van der Waals surface area contributed by atoms with Crippen LogP contribution in [0.1, 0.15) is 52.8 Å². The van der Waals surface area contributed by atoms with Crippen LogP contribution >= 0.6 is 0 Å². The van der Waals surface area contributed by atoms with Gasteiger partial charge in [0, 0.05) is 11.6 Å². The third-order valence-electron chi connectivity index (χ3n) is 3.07. The van der Waals surface area contributed by atoms with Crippen molar-refractivity contribution in [2.75, 3.05) is 11.9 Å². The van der Waals surface area contributed by atoms with Crippen molar-refractivity contribution in [1.82, 2.24) is 4.68 Å². The fourth-order valence-corrected chi connectivity index (χ4v) is 2.31. The molecule has 1 aromatic rings. The predicted octanol–water partition coefficient (Wildman–Crippen LogP) is 3.34. The summed E-state index contributed by atoms with van der Waals surface area (Å²) in [5, 5.41) is 7.90. The lowest BCUT2D eigenvalue weighted by molar-refractivity contribution is 0.500. The Balaban J connectivity index is 2.69. The molecule has 0 unspecified atom stereocenters. The molecule has 3 heteroatoms. The van der Waals surface area contributed by atoms with E-state index in [-0.39, 0.29) is 10.8 Å². The number of rotatable bonds is 0. The average Bonchev–Trinajstić information content (AvgIpc) is 2.54. The number of anilines is 1. The molecule has 2 heterocycles. The average molecular weight is 233 g/mol. The number of fused-ring (bicyclic) bond motifs is 1. The molecule has 1 aliphatic rings. The maximum Gasteiger partial charge on any atom is 0.128 e. The summed E-state index contributed by atoms with van der Waals surface area (Å²) in [5.41, 5.74) is 2.93. The highest BCUT2D eigenvalue weighted by molar-refractivity contribution is 5.68. The van der Waals surface area contributed by atoms with Gasteiger partial charge in [-0.2, -0.15) is 5.10 Å². The summed E-state index contributed by atoms with van der Waals surface area (Å²) >= 11 is 0. The zero-order valence-electron chi connectivity index (χ0n) is 11.8. The minimum Gasteiger partial charge on any atom is -0.365 e. The molecule has 0 saturated heterocycles. The Labute approximate surface area is 104 Å². The first-order chi connectivity index (χ1) is 7.71. The zero-order chi connectivity index (χ0) is 12.8. The summed E-state index contributed by atoms with van der Waals surface area (Å²) < 4.78 is 2.06. The van der Waals surface area contributed by atoms with Crippen LogP contribution in [0.25, 0.3) is 0 Å². The molecule has 3 nitrogen and oxygen atoms in total. The van der Waals surface area contributed by atoms with E-state index < -0.39 is 0 Å². The van der Waals surface area contributed by atoms with Gasteiger partial charge in [-0.25, -0.2) is 4.68 Å². The number of hydrogen-bond acceptors (Lipinski definition) is 2. The summed E-state index contributed by atoms with van der Waals surface area (Å²) in [6, 6.07) is 2.25. The molecule has 0 aliphatic carbocycles. The van der Waals surface area contributed by atoms with E-state index in [4.69, 9.17) is 0 Å². The first-order valence-corrected chi connectivity index (χ1v) is 6.24. The molecule has 0 saturated carbocycles. The molecule has 1 aliphatic heterocycles. The Morgan fingerprint density at radius 2 is 1.76 bits per heavy atom. The van der Waals surface area contributed by atoms with E-state index in [0.717, 1.165) is 12.4 Å². The van der Waals surface area contributed by atoms with Crippen LogP contribution in [0.5, 0.6) is 0 Å². The largest absolute Gasteiger partial charge is 0.365 e. The minimum absolute atomic E-state index is 0.0945. The summed E-state index contributed by atoms with van der Waals surface area (Å²) in [6.45, 7) is 14.3. The van der Waals surface area contributed by atoms with Crippen LogP contribution < -0.4 is 5.32 Å². The van der Waals surface area contributed by atoms with Gasteiger partial charge in [0.05, 0.1) is 12.2 Å². The van der Waals surface area contributed by atoms with Crippen LogP contribution in [0.4, 0.5) is 5.82 Å². The van der Waals surface area contributed by atoms with Crippen LogP contribution in [0.15, 0.2) is 11.2 Å². The van der Waals surface area contributed by atoms with Gasteiger partial charge in [-0.1, -0.05) is 41.5 Å². The second kappa shape index (κ2) is 3.62. The van der Waals surface area contributed by atoms with Gasteiger partial charge >= 0.3 is 0 Å². The fraction of sp³-hybridized carbons (Fsp3) is 0.643. The Morgan fingerprint density at radius 1 is 1.12 bits per heavy atom. The summed E-state index contributed by atoms with van der Waals surface area (Å²) in [4.78, 5) is 0. The monoisotopic (exact) mass is 233 g/mol. The van der Waals surface area contributed by atoms with E-state index >= 15 is 0 Å². The summed E-state index contributed by atoms with van der Waals surface area (Å²) in [7, 11) is 0. The van der Waals surface area contributed by atoms with Gasteiger partial charge in [-0.3, -0.25) is 0 Å². The van der Waals surface area contributed by atoms with Crippen molar-refractivity contribution in [1.29, 1.82) is 0 Å². The van der Waals surface area contributed by atoms with Crippen molar-refractivity contribution in [3.05, 3.63) is 17.3 Å². The third-order valence-corrected chi connectivity index (χ3v) is 3.07. The lowest BCUT2D eigenvalue weighted by atomic mass is 9.79. The first kappa shape index (κ1) is 12.2. The molecule has 0 spiro atoms. The summed E-state index contributed by atoms with van der Waals surface area (Å²) in [5.74, 6) is 1.11. The molecular weight excluding hydrogens is 210 g/mol. The van der Waals surface area contributed by atoms with Crippen molar-refractivity contribution in [3.8, 4) is 0 Å². The van der Waals surface area contributed by atoms with Crippen LogP contribution in [-0.2, 0) is 10.8 Å². The van der Waals surface area contributed by atoms with E-state index in [0.29, 0.717) is 0 Å². The Kier molecular flexibility index (Phi) is 2.60. The minimum atomic E-state index is 0.0945. The molecule has 1 N–H and O–H groups in total. The molecule has 0 atom stereocenters. The molecule has 17 heavy (non-hydrogen) atoms. The summed E-state index contributed by atoms with van der Waals surface area (Å²) in [6.07, 6.45) is 1.93. The lowest BCUT2D eigenvalue weighted by Crippen LogP contribution is -2.24. The quantitative estimate of drug-likeness (QED) is 0.731. The second-order valence-electron chi connectivity index (χ2n) is 6.78. The highest BCUT2D eigenvalue weighted by Gasteiger charge is 2.31. The van der Waals surface area contributed by atoms with Crippen molar-refractivity contribution in [2.45, 2.75) is 52.4 Å². The topological polar surface area (TPSA) is 29.3 Å². The Morgan fingerprint density at radius 3 is 2.29 bits per heavy atom. The molecule has 0 radical (unpaired) electrons. The molecule has 0 bridgehead atoms.